The largest absolute Gasteiger partial charge is 0.472 e. The highest BCUT2D eigenvalue weighted by atomic mass is 16.6. The monoisotopic (exact) mass is 400 g/mol. The third-order valence-corrected chi connectivity index (χ3v) is 6.17. The number of likely N-dealkylation sites (tertiary alicyclic amines) is 1. The number of ether oxygens (including phenoxy) is 1. The van der Waals surface area contributed by atoms with Crippen molar-refractivity contribution in [2.24, 2.45) is 5.41 Å². The number of hydrogen-bond acceptors (Lipinski definition) is 6. The number of hydrogen-bond donors (Lipinski definition) is 0. The lowest BCUT2D eigenvalue weighted by Gasteiger charge is -2.36. The molecule has 1 spiro atoms. The Morgan fingerprint density at radius 2 is 2.17 bits per heavy atom. The average molecular weight is 400 g/mol. The van der Waals surface area contributed by atoms with Crippen LogP contribution in [0, 0.1) is 5.41 Å². The first-order valence-corrected chi connectivity index (χ1v) is 10.2. The first-order chi connectivity index (χ1) is 14.0. The molecule has 0 aliphatic carbocycles. The van der Waals surface area contributed by atoms with Crippen LogP contribution in [-0.2, 0) is 22.6 Å². The van der Waals surface area contributed by atoms with E-state index in [2.05, 4.69) is 21.4 Å². The SMILES string of the molecule is CCn1ccnc1CN(C)CC1CC2(CCN(C(=O)c3ccoc3)CC2)C(=O)O1. The van der Waals surface area contributed by atoms with Gasteiger partial charge in [-0.05, 0) is 32.9 Å². The van der Waals surface area contributed by atoms with E-state index in [1.54, 1.807) is 11.0 Å². The molecule has 156 valence electrons. The molecule has 2 aliphatic rings. The van der Waals surface area contributed by atoms with Gasteiger partial charge in [0.05, 0.1) is 23.8 Å². The van der Waals surface area contributed by atoms with Crippen molar-refractivity contribution in [2.75, 3.05) is 26.7 Å². The van der Waals surface area contributed by atoms with Crippen molar-refractivity contribution in [2.45, 2.75) is 45.4 Å². The zero-order valence-corrected chi connectivity index (χ0v) is 17.0. The van der Waals surface area contributed by atoms with Crippen molar-refractivity contribution >= 4 is 11.9 Å². The quantitative estimate of drug-likeness (QED) is 0.692. The number of likely N-dealkylation sites (N-methyl/N-ethyl adjacent to an activating group) is 1. The number of esters is 1. The molecule has 0 saturated carbocycles. The van der Waals surface area contributed by atoms with Gasteiger partial charge in [-0.15, -0.1) is 0 Å². The second-order valence-electron chi connectivity index (χ2n) is 8.14. The summed E-state index contributed by atoms with van der Waals surface area (Å²) in [6, 6.07) is 1.67. The fraction of sp³-hybridized carbons (Fsp3) is 0.571. The molecule has 0 N–H and O–H groups in total. The van der Waals surface area contributed by atoms with Gasteiger partial charge >= 0.3 is 5.97 Å². The number of aryl methyl sites for hydroxylation is 1. The van der Waals surface area contributed by atoms with Crippen molar-refractivity contribution in [1.29, 1.82) is 0 Å². The van der Waals surface area contributed by atoms with E-state index in [-0.39, 0.29) is 18.0 Å². The standard InChI is InChI=1S/C21H28N4O4/c1-3-24-10-7-22-18(24)14-23(2)13-17-12-21(20(27)29-17)5-8-25(9-6-21)19(26)16-4-11-28-15-16/h4,7,10-11,15,17H,3,5-6,8-9,12-14H2,1-2H3. The molecule has 4 heterocycles. The molecule has 2 aromatic rings. The number of furan rings is 1. The van der Waals surface area contributed by atoms with E-state index in [4.69, 9.17) is 9.15 Å². The minimum Gasteiger partial charge on any atom is -0.472 e. The smallest absolute Gasteiger partial charge is 0.312 e. The molecule has 2 aliphatic heterocycles. The van der Waals surface area contributed by atoms with E-state index >= 15 is 0 Å². The van der Waals surface area contributed by atoms with Gasteiger partial charge in [0, 0.05) is 45.0 Å². The maximum absolute atomic E-state index is 12.7. The summed E-state index contributed by atoms with van der Waals surface area (Å²) in [6.07, 6.45) is 8.65. The second kappa shape index (κ2) is 8.02. The number of carbonyl (C=O) groups is 2. The maximum Gasteiger partial charge on any atom is 0.312 e. The van der Waals surface area contributed by atoms with E-state index < -0.39 is 5.41 Å². The number of rotatable bonds is 6. The van der Waals surface area contributed by atoms with Crippen LogP contribution >= 0.6 is 0 Å². The summed E-state index contributed by atoms with van der Waals surface area (Å²) in [6.45, 7) is 5.51. The molecule has 8 heteroatoms. The number of piperidine rings is 1. The van der Waals surface area contributed by atoms with E-state index in [1.165, 1.54) is 12.5 Å². The fourth-order valence-electron chi connectivity index (χ4n) is 4.49. The molecule has 4 rings (SSSR count). The molecule has 2 fully saturated rings. The third kappa shape index (κ3) is 3.94. The van der Waals surface area contributed by atoms with Gasteiger partial charge in [-0.1, -0.05) is 0 Å². The number of imidazole rings is 1. The maximum atomic E-state index is 12.7. The number of carbonyl (C=O) groups excluding carboxylic acids is 2. The van der Waals surface area contributed by atoms with Crippen molar-refractivity contribution in [3.63, 3.8) is 0 Å². The summed E-state index contributed by atoms with van der Waals surface area (Å²) in [5, 5.41) is 0. The molecule has 8 nitrogen and oxygen atoms in total. The Kier molecular flexibility index (Phi) is 5.45. The molecule has 1 unspecified atom stereocenters. The summed E-state index contributed by atoms with van der Waals surface area (Å²) in [5.74, 6) is 0.865. The lowest BCUT2D eigenvalue weighted by molar-refractivity contribution is -0.151. The molecule has 0 aromatic carbocycles. The van der Waals surface area contributed by atoms with Crippen molar-refractivity contribution in [1.82, 2.24) is 19.4 Å². The van der Waals surface area contributed by atoms with Gasteiger partial charge < -0.3 is 18.6 Å². The zero-order chi connectivity index (χ0) is 20.4. The Labute approximate surface area is 170 Å². The predicted octanol–water partition coefficient (Wildman–Crippen LogP) is 2.17. The van der Waals surface area contributed by atoms with Gasteiger partial charge in [0.15, 0.2) is 0 Å². The molecule has 1 amide bonds. The number of amides is 1. The highest BCUT2D eigenvalue weighted by Gasteiger charge is 2.51. The topological polar surface area (TPSA) is 80.8 Å². The molecule has 0 radical (unpaired) electrons. The number of cyclic esters (lactones) is 1. The van der Waals surface area contributed by atoms with E-state index in [0.29, 0.717) is 44.5 Å². The Balaban J connectivity index is 1.32. The van der Waals surface area contributed by atoms with Crippen molar-refractivity contribution in [3.05, 3.63) is 42.4 Å². The Morgan fingerprint density at radius 1 is 1.38 bits per heavy atom. The minimum absolute atomic E-state index is 0.0392. The molecule has 0 bridgehead atoms. The average Bonchev–Trinajstić information content (AvgIpc) is 3.44. The van der Waals surface area contributed by atoms with Crippen LogP contribution in [-0.4, -0.2) is 64.0 Å². The van der Waals surface area contributed by atoms with Crippen LogP contribution < -0.4 is 0 Å². The zero-order valence-electron chi connectivity index (χ0n) is 17.0. The van der Waals surface area contributed by atoms with Crippen molar-refractivity contribution in [3.8, 4) is 0 Å². The van der Waals surface area contributed by atoms with Crippen molar-refractivity contribution < 1.29 is 18.7 Å². The molecule has 2 saturated heterocycles. The highest BCUT2D eigenvalue weighted by molar-refractivity contribution is 5.94. The summed E-state index contributed by atoms with van der Waals surface area (Å²) in [7, 11) is 2.03. The Hall–Kier alpha value is -2.61. The molecular formula is C21H28N4O4. The predicted molar refractivity (Wildman–Crippen MR) is 105 cm³/mol. The normalized spacial score (nSPS) is 21.1. The molecule has 2 aromatic heterocycles. The molecular weight excluding hydrogens is 372 g/mol. The van der Waals surface area contributed by atoms with Gasteiger partial charge in [-0.25, -0.2) is 4.98 Å². The fourth-order valence-corrected chi connectivity index (χ4v) is 4.49. The Bertz CT molecular complexity index is 852. The highest BCUT2D eigenvalue weighted by Crippen LogP contribution is 2.43. The van der Waals surface area contributed by atoms with E-state index in [1.807, 2.05) is 19.4 Å². The Morgan fingerprint density at radius 3 is 2.86 bits per heavy atom. The van der Waals surface area contributed by atoms with Gasteiger partial charge in [0.1, 0.15) is 18.2 Å². The van der Waals surface area contributed by atoms with E-state index in [9.17, 15) is 9.59 Å². The lowest BCUT2D eigenvalue weighted by atomic mass is 9.76. The van der Waals surface area contributed by atoms with Crippen LogP contribution in [0.2, 0.25) is 0 Å². The van der Waals surface area contributed by atoms with E-state index in [0.717, 1.165) is 18.9 Å². The lowest BCUT2D eigenvalue weighted by Crippen LogP contribution is -2.45. The van der Waals surface area contributed by atoms with Crippen LogP contribution in [0.1, 0.15) is 42.4 Å². The van der Waals surface area contributed by atoms with Crippen LogP contribution in [0.25, 0.3) is 0 Å². The third-order valence-electron chi connectivity index (χ3n) is 6.17. The van der Waals surface area contributed by atoms with Crippen LogP contribution in [0.4, 0.5) is 0 Å². The summed E-state index contributed by atoms with van der Waals surface area (Å²) in [5.41, 5.74) is 0.0977. The molecule has 1 atom stereocenters. The molecule has 29 heavy (non-hydrogen) atoms. The van der Waals surface area contributed by atoms with Gasteiger partial charge in [-0.2, -0.15) is 0 Å². The van der Waals surface area contributed by atoms with Crippen LogP contribution in [0.3, 0.4) is 0 Å². The number of aromatic nitrogens is 2. The van der Waals surface area contributed by atoms with Gasteiger partial charge in [-0.3, -0.25) is 14.5 Å². The van der Waals surface area contributed by atoms with Gasteiger partial charge in [0.25, 0.3) is 5.91 Å². The number of nitrogens with zero attached hydrogens (tertiary/aromatic N) is 4. The first-order valence-electron chi connectivity index (χ1n) is 10.2. The summed E-state index contributed by atoms with van der Waals surface area (Å²) in [4.78, 5) is 33.6. The summed E-state index contributed by atoms with van der Waals surface area (Å²) < 4.78 is 12.9. The second-order valence-corrected chi connectivity index (χ2v) is 8.14. The van der Waals surface area contributed by atoms with Crippen LogP contribution in [0.5, 0.6) is 0 Å². The minimum atomic E-state index is -0.458. The van der Waals surface area contributed by atoms with Gasteiger partial charge in [0.2, 0.25) is 0 Å². The van der Waals surface area contributed by atoms with Crippen LogP contribution in [0.15, 0.2) is 35.4 Å². The first kappa shape index (κ1) is 19.7. The summed E-state index contributed by atoms with van der Waals surface area (Å²) >= 11 is 0.